The standard InChI is InChI=1S/C10H15BrN2S/c1-13-4-2-8(7-13)12-6-10-9(11)3-5-14-10/h3,5,8,12H,2,4,6-7H2,1H3. The summed E-state index contributed by atoms with van der Waals surface area (Å²) in [4.78, 5) is 3.78. The van der Waals surface area contributed by atoms with Gasteiger partial charge in [0.25, 0.3) is 0 Å². The van der Waals surface area contributed by atoms with Gasteiger partial charge in [0, 0.05) is 28.5 Å². The summed E-state index contributed by atoms with van der Waals surface area (Å²) in [5.74, 6) is 0. The summed E-state index contributed by atoms with van der Waals surface area (Å²) in [6.07, 6.45) is 1.28. The predicted octanol–water partition coefficient (Wildman–Crippen LogP) is 2.30. The smallest absolute Gasteiger partial charge is 0.0327 e. The predicted molar refractivity (Wildman–Crippen MR) is 64.8 cm³/mol. The largest absolute Gasteiger partial charge is 0.308 e. The number of likely N-dealkylation sites (N-methyl/N-ethyl adjacent to an activating group) is 1. The Morgan fingerprint density at radius 1 is 1.71 bits per heavy atom. The van der Waals surface area contributed by atoms with Crippen LogP contribution in [0.15, 0.2) is 15.9 Å². The van der Waals surface area contributed by atoms with Crippen LogP contribution in [0.2, 0.25) is 0 Å². The van der Waals surface area contributed by atoms with E-state index in [9.17, 15) is 0 Å². The van der Waals surface area contributed by atoms with E-state index in [0.717, 1.165) is 6.54 Å². The van der Waals surface area contributed by atoms with E-state index in [1.165, 1.54) is 28.9 Å². The van der Waals surface area contributed by atoms with Crippen molar-refractivity contribution < 1.29 is 0 Å². The van der Waals surface area contributed by atoms with Crippen molar-refractivity contribution in [1.29, 1.82) is 0 Å². The van der Waals surface area contributed by atoms with E-state index in [1.807, 2.05) is 11.3 Å². The highest BCUT2D eigenvalue weighted by Gasteiger charge is 2.18. The topological polar surface area (TPSA) is 15.3 Å². The number of thiophene rings is 1. The highest BCUT2D eigenvalue weighted by Crippen LogP contribution is 2.22. The monoisotopic (exact) mass is 274 g/mol. The Morgan fingerprint density at radius 3 is 3.14 bits per heavy atom. The molecule has 78 valence electrons. The zero-order valence-electron chi connectivity index (χ0n) is 8.29. The van der Waals surface area contributed by atoms with Crippen LogP contribution in [0.4, 0.5) is 0 Å². The molecule has 0 aliphatic carbocycles. The van der Waals surface area contributed by atoms with Gasteiger partial charge in [-0.25, -0.2) is 0 Å². The molecule has 1 unspecified atom stereocenters. The van der Waals surface area contributed by atoms with Gasteiger partial charge in [0.15, 0.2) is 0 Å². The van der Waals surface area contributed by atoms with Crippen molar-refractivity contribution in [1.82, 2.24) is 10.2 Å². The SMILES string of the molecule is CN1CCC(NCc2sccc2Br)C1. The Kier molecular flexibility index (Phi) is 3.60. The van der Waals surface area contributed by atoms with E-state index in [4.69, 9.17) is 0 Å². The molecule has 1 aromatic heterocycles. The molecule has 0 spiro atoms. The molecule has 1 aliphatic rings. The Bertz CT molecular complexity index is 300. The van der Waals surface area contributed by atoms with E-state index >= 15 is 0 Å². The number of halogens is 1. The normalized spacial score (nSPS) is 23.1. The Labute approximate surface area is 97.4 Å². The van der Waals surface area contributed by atoms with E-state index in [1.54, 1.807) is 0 Å². The van der Waals surface area contributed by atoms with Crippen LogP contribution in [0.3, 0.4) is 0 Å². The number of hydrogen-bond donors (Lipinski definition) is 1. The molecule has 1 aromatic rings. The quantitative estimate of drug-likeness (QED) is 0.910. The molecular weight excluding hydrogens is 260 g/mol. The van der Waals surface area contributed by atoms with Gasteiger partial charge in [0.2, 0.25) is 0 Å². The van der Waals surface area contributed by atoms with Crippen molar-refractivity contribution in [3.05, 3.63) is 20.8 Å². The molecule has 14 heavy (non-hydrogen) atoms. The van der Waals surface area contributed by atoms with E-state index in [-0.39, 0.29) is 0 Å². The molecule has 1 N–H and O–H groups in total. The summed E-state index contributed by atoms with van der Waals surface area (Å²) in [6, 6.07) is 2.79. The third kappa shape index (κ3) is 2.57. The molecular formula is C10H15BrN2S. The van der Waals surface area contributed by atoms with E-state index < -0.39 is 0 Å². The highest BCUT2D eigenvalue weighted by molar-refractivity contribution is 9.10. The van der Waals surface area contributed by atoms with Gasteiger partial charge in [-0.2, -0.15) is 0 Å². The van der Waals surface area contributed by atoms with Crippen LogP contribution in [0.1, 0.15) is 11.3 Å². The first-order valence-electron chi connectivity index (χ1n) is 4.89. The van der Waals surface area contributed by atoms with Crippen LogP contribution in [0.5, 0.6) is 0 Å². The van der Waals surface area contributed by atoms with Crippen molar-refractivity contribution in [2.24, 2.45) is 0 Å². The molecule has 0 saturated carbocycles. The molecule has 1 aliphatic heterocycles. The highest BCUT2D eigenvalue weighted by atomic mass is 79.9. The van der Waals surface area contributed by atoms with Crippen LogP contribution in [-0.2, 0) is 6.54 Å². The second-order valence-electron chi connectivity index (χ2n) is 3.82. The summed E-state index contributed by atoms with van der Waals surface area (Å²) in [5, 5.41) is 5.72. The van der Waals surface area contributed by atoms with Crippen molar-refractivity contribution in [2.45, 2.75) is 19.0 Å². The van der Waals surface area contributed by atoms with Crippen LogP contribution < -0.4 is 5.32 Å². The molecule has 2 rings (SSSR count). The van der Waals surface area contributed by atoms with Crippen LogP contribution >= 0.6 is 27.3 Å². The first kappa shape index (κ1) is 10.6. The Balaban J connectivity index is 1.80. The Morgan fingerprint density at radius 2 is 2.57 bits per heavy atom. The molecule has 0 bridgehead atoms. The maximum Gasteiger partial charge on any atom is 0.0327 e. The molecule has 2 heterocycles. The first-order valence-corrected chi connectivity index (χ1v) is 6.57. The van der Waals surface area contributed by atoms with E-state index in [2.05, 4.69) is 44.6 Å². The van der Waals surface area contributed by atoms with Crippen LogP contribution in [-0.4, -0.2) is 31.1 Å². The Hall–Kier alpha value is 0.100. The lowest BCUT2D eigenvalue weighted by Gasteiger charge is -2.11. The average molecular weight is 275 g/mol. The van der Waals surface area contributed by atoms with Gasteiger partial charge in [-0.3, -0.25) is 0 Å². The summed E-state index contributed by atoms with van der Waals surface area (Å²) in [7, 11) is 2.18. The third-order valence-electron chi connectivity index (χ3n) is 2.63. The zero-order chi connectivity index (χ0) is 9.97. The minimum Gasteiger partial charge on any atom is -0.308 e. The zero-order valence-corrected chi connectivity index (χ0v) is 10.7. The van der Waals surface area contributed by atoms with Gasteiger partial charge in [-0.1, -0.05) is 0 Å². The van der Waals surface area contributed by atoms with Crippen molar-refractivity contribution in [3.8, 4) is 0 Å². The molecule has 2 nitrogen and oxygen atoms in total. The molecule has 0 amide bonds. The van der Waals surface area contributed by atoms with Crippen LogP contribution in [0.25, 0.3) is 0 Å². The fourth-order valence-corrected chi connectivity index (χ4v) is 3.23. The summed E-state index contributed by atoms with van der Waals surface area (Å²) >= 11 is 5.36. The maximum absolute atomic E-state index is 3.59. The molecule has 1 fully saturated rings. The lowest BCUT2D eigenvalue weighted by molar-refractivity contribution is 0.398. The van der Waals surface area contributed by atoms with Gasteiger partial charge in [0.1, 0.15) is 0 Å². The first-order chi connectivity index (χ1) is 6.75. The van der Waals surface area contributed by atoms with Crippen molar-refractivity contribution in [2.75, 3.05) is 20.1 Å². The molecule has 4 heteroatoms. The van der Waals surface area contributed by atoms with Crippen molar-refractivity contribution in [3.63, 3.8) is 0 Å². The summed E-state index contributed by atoms with van der Waals surface area (Å²) in [5.41, 5.74) is 0. The second-order valence-corrected chi connectivity index (χ2v) is 5.68. The van der Waals surface area contributed by atoms with Crippen molar-refractivity contribution >= 4 is 27.3 Å². The fourth-order valence-electron chi connectivity index (χ4n) is 1.79. The third-order valence-corrected chi connectivity index (χ3v) is 4.56. The minimum atomic E-state index is 0.675. The number of nitrogens with one attached hydrogen (secondary N) is 1. The van der Waals surface area contributed by atoms with Gasteiger partial charge < -0.3 is 10.2 Å². The lowest BCUT2D eigenvalue weighted by atomic mass is 10.2. The summed E-state index contributed by atoms with van der Waals surface area (Å²) < 4.78 is 1.24. The molecule has 1 saturated heterocycles. The fraction of sp³-hybridized carbons (Fsp3) is 0.600. The average Bonchev–Trinajstić information content (AvgIpc) is 2.72. The van der Waals surface area contributed by atoms with Gasteiger partial charge in [-0.15, -0.1) is 11.3 Å². The second kappa shape index (κ2) is 4.75. The lowest BCUT2D eigenvalue weighted by Crippen LogP contribution is -2.30. The number of hydrogen-bond acceptors (Lipinski definition) is 3. The summed E-state index contributed by atoms with van der Waals surface area (Å²) in [6.45, 7) is 3.41. The molecule has 1 atom stereocenters. The number of likely N-dealkylation sites (tertiary alicyclic amines) is 1. The van der Waals surface area contributed by atoms with Gasteiger partial charge >= 0.3 is 0 Å². The maximum atomic E-state index is 3.59. The van der Waals surface area contributed by atoms with Gasteiger partial charge in [-0.05, 0) is 47.4 Å². The van der Waals surface area contributed by atoms with Crippen LogP contribution in [0, 0.1) is 0 Å². The molecule has 0 radical (unpaired) electrons. The number of nitrogens with zero attached hydrogens (tertiary/aromatic N) is 1. The van der Waals surface area contributed by atoms with E-state index in [0.29, 0.717) is 6.04 Å². The molecule has 0 aromatic carbocycles. The number of rotatable bonds is 3. The minimum absolute atomic E-state index is 0.675. The van der Waals surface area contributed by atoms with Gasteiger partial charge in [0.05, 0.1) is 0 Å².